The van der Waals surface area contributed by atoms with Gasteiger partial charge in [-0.05, 0) is 42.2 Å². The summed E-state index contributed by atoms with van der Waals surface area (Å²) in [7, 11) is 0. The van der Waals surface area contributed by atoms with E-state index in [0.29, 0.717) is 43.9 Å². The molecular formula is C28H25N7O5. The molecule has 40 heavy (non-hydrogen) atoms. The summed E-state index contributed by atoms with van der Waals surface area (Å²) < 4.78 is 4.74. The van der Waals surface area contributed by atoms with E-state index < -0.39 is 17.7 Å². The monoisotopic (exact) mass is 539 g/mol. The molecular weight excluding hydrogens is 514 g/mol. The molecule has 4 heterocycles. The predicted octanol–water partition coefficient (Wildman–Crippen LogP) is 3.93. The Balaban J connectivity index is 1.27. The van der Waals surface area contributed by atoms with Gasteiger partial charge in [-0.1, -0.05) is 42.5 Å². The van der Waals surface area contributed by atoms with Gasteiger partial charge in [0.25, 0.3) is 5.91 Å². The van der Waals surface area contributed by atoms with Crippen LogP contribution >= 0.6 is 0 Å². The van der Waals surface area contributed by atoms with Crippen molar-refractivity contribution in [2.24, 2.45) is 0 Å². The summed E-state index contributed by atoms with van der Waals surface area (Å²) in [5.41, 5.74) is 1.82. The van der Waals surface area contributed by atoms with Gasteiger partial charge in [0.15, 0.2) is 0 Å². The lowest BCUT2D eigenvalue weighted by atomic mass is 9.85. The molecule has 12 nitrogen and oxygen atoms in total. The number of urea groups is 1. The summed E-state index contributed by atoms with van der Waals surface area (Å²) >= 11 is 0. The van der Waals surface area contributed by atoms with E-state index in [-0.39, 0.29) is 17.7 Å². The molecule has 0 bridgehead atoms. The van der Waals surface area contributed by atoms with Gasteiger partial charge in [0.05, 0.1) is 17.7 Å². The Kier molecular flexibility index (Phi) is 6.44. The van der Waals surface area contributed by atoms with E-state index in [0.717, 1.165) is 11.1 Å². The standard InChI is InChI=1S/C28H25N7O5/c36-24-28(11-15-33(16-12-28)17-22-23(32-18-31-22)40-27(38)39)35(25-29-13-4-14-30-25)26(37)34(24)21-9-7-20(8-10-21)19-5-2-1-3-6-19/h1-10,13-14,18H,11-12,15-17H2,(H,31,32)(H,38,39). The van der Waals surface area contributed by atoms with E-state index in [4.69, 9.17) is 9.84 Å². The third-order valence-electron chi connectivity index (χ3n) is 7.32. The number of carboxylic acid groups (broad SMARTS) is 1. The number of hydrogen-bond acceptors (Lipinski definition) is 8. The lowest BCUT2D eigenvalue weighted by molar-refractivity contribution is -0.123. The summed E-state index contributed by atoms with van der Waals surface area (Å²) in [6.45, 7) is 1.25. The van der Waals surface area contributed by atoms with Crippen molar-refractivity contribution >= 4 is 29.7 Å². The molecule has 6 rings (SSSR count). The number of aromatic amines is 1. The summed E-state index contributed by atoms with van der Waals surface area (Å²) in [6.07, 6.45) is 3.67. The van der Waals surface area contributed by atoms with E-state index >= 15 is 0 Å². The number of imide groups is 1. The van der Waals surface area contributed by atoms with Crippen LogP contribution in [0.2, 0.25) is 0 Å². The molecule has 2 aliphatic heterocycles. The molecule has 3 amide bonds. The molecule has 2 N–H and O–H groups in total. The summed E-state index contributed by atoms with van der Waals surface area (Å²) in [4.78, 5) is 59.1. The molecule has 202 valence electrons. The highest BCUT2D eigenvalue weighted by Crippen LogP contribution is 2.41. The minimum absolute atomic E-state index is 0.00987. The first-order valence-corrected chi connectivity index (χ1v) is 12.7. The van der Waals surface area contributed by atoms with Crippen LogP contribution in [0.25, 0.3) is 11.1 Å². The van der Waals surface area contributed by atoms with Crippen LogP contribution in [0.1, 0.15) is 18.5 Å². The van der Waals surface area contributed by atoms with Crippen LogP contribution < -0.4 is 14.5 Å². The fraction of sp³-hybridized carbons (Fsp3) is 0.214. The number of aromatic nitrogens is 4. The highest BCUT2D eigenvalue weighted by molar-refractivity contribution is 6.30. The van der Waals surface area contributed by atoms with Crippen molar-refractivity contribution < 1.29 is 24.2 Å². The molecule has 2 aromatic heterocycles. The third-order valence-corrected chi connectivity index (χ3v) is 7.32. The predicted molar refractivity (Wildman–Crippen MR) is 144 cm³/mol. The summed E-state index contributed by atoms with van der Waals surface area (Å²) in [5.74, 6) is -0.165. The van der Waals surface area contributed by atoms with E-state index in [1.807, 2.05) is 47.4 Å². The normalized spacial score (nSPS) is 17.0. The number of hydrogen-bond donors (Lipinski definition) is 2. The van der Waals surface area contributed by atoms with E-state index in [1.165, 1.54) is 16.1 Å². The number of rotatable bonds is 6. The van der Waals surface area contributed by atoms with Crippen LogP contribution in [-0.4, -0.2) is 66.7 Å². The van der Waals surface area contributed by atoms with Crippen molar-refractivity contribution in [3.8, 4) is 17.0 Å². The Morgan fingerprint density at radius 1 is 0.925 bits per heavy atom. The lowest BCUT2D eigenvalue weighted by Crippen LogP contribution is -2.57. The molecule has 2 aliphatic rings. The quantitative estimate of drug-likeness (QED) is 0.275. The minimum Gasteiger partial charge on any atom is -0.449 e. The van der Waals surface area contributed by atoms with Gasteiger partial charge in [0.1, 0.15) is 5.54 Å². The Morgan fingerprint density at radius 2 is 1.60 bits per heavy atom. The van der Waals surface area contributed by atoms with Crippen molar-refractivity contribution in [2.75, 3.05) is 22.9 Å². The number of amides is 3. The van der Waals surface area contributed by atoms with Crippen LogP contribution in [0.15, 0.2) is 79.4 Å². The van der Waals surface area contributed by atoms with Gasteiger partial charge in [-0.2, -0.15) is 0 Å². The van der Waals surface area contributed by atoms with Crippen LogP contribution in [0.5, 0.6) is 5.88 Å². The van der Waals surface area contributed by atoms with Crippen LogP contribution in [0.4, 0.5) is 21.2 Å². The zero-order valence-electron chi connectivity index (χ0n) is 21.3. The van der Waals surface area contributed by atoms with Gasteiger partial charge < -0.3 is 14.8 Å². The molecule has 2 saturated heterocycles. The number of nitrogens with zero attached hydrogens (tertiary/aromatic N) is 6. The molecule has 2 fully saturated rings. The molecule has 0 unspecified atom stereocenters. The van der Waals surface area contributed by atoms with E-state index in [9.17, 15) is 14.4 Å². The number of H-pyrrole nitrogens is 1. The van der Waals surface area contributed by atoms with Crippen molar-refractivity contribution in [2.45, 2.75) is 24.9 Å². The van der Waals surface area contributed by atoms with Crippen molar-refractivity contribution in [1.29, 1.82) is 0 Å². The fourth-order valence-corrected chi connectivity index (χ4v) is 5.35. The molecule has 0 atom stereocenters. The first-order chi connectivity index (χ1) is 19.5. The number of carbonyl (C=O) groups is 3. The molecule has 0 radical (unpaired) electrons. The van der Waals surface area contributed by atoms with Gasteiger partial charge in [-0.15, -0.1) is 0 Å². The first kappa shape index (κ1) is 25.2. The summed E-state index contributed by atoms with van der Waals surface area (Å²) in [6, 6.07) is 18.3. The maximum absolute atomic E-state index is 14.1. The SMILES string of the molecule is O=C(O)Oc1nc[nH]c1CN1CCC2(CC1)C(=O)N(c1ccc(-c3ccccc3)cc1)C(=O)N2c1ncccn1. The summed E-state index contributed by atoms with van der Waals surface area (Å²) in [5, 5.41) is 8.96. The van der Waals surface area contributed by atoms with Gasteiger partial charge in [-0.25, -0.2) is 34.3 Å². The topological polar surface area (TPSA) is 145 Å². The average Bonchev–Trinajstić information content (AvgIpc) is 3.49. The molecule has 4 aromatic rings. The maximum atomic E-state index is 14.1. The highest BCUT2D eigenvalue weighted by Gasteiger charge is 2.60. The Morgan fingerprint density at radius 3 is 2.27 bits per heavy atom. The number of imidazole rings is 1. The number of carbonyl (C=O) groups excluding carboxylic acids is 2. The average molecular weight is 540 g/mol. The zero-order valence-corrected chi connectivity index (χ0v) is 21.3. The third kappa shape index (κ3) is 4.43. The second-order valence-electron chi connectivity index (χ2n) is 9.58. The van der Waals surface area contributed by atoms with Crippen LogP contribution in [0, 0.1) is 0 Å². The number of piperidine rings is 1. The first-order valence-electron chi connectivity index (χ1n) is 12.7. The Labute approximate surface area is 228 Å². The van der Waals surface area contributed by atoms with E-state index in [2.05, 4.69) is 19.9 Å². The van der Waals surface area contributed by atoms with Gasteiger partial charge in [-0.3, -0.25) is 9.69 Å². The largest absolute Gasteiger partial charge is 0.512 e. The van der Waals surface area contributed by atoms with Crippen LogP contribution in [0.3, 0.4) is 0 Å². The van der Waals surface area contributed by atoms with Crippen molar-refractivity contribution in [1.82, 2.24) is 24.8 Å². The second-order valence-corrected chi connectivity index (χ2v) is 9.58. The minimum atomic E-state index is -1.45. The number of anilines is 2. The lowest BCUT2D eigenvalue weighted by Gasteiger charge is -2.41. The van der Waals surface area contributed by atoms with Crippen LogP contribution in [-0.2, 0) is 11.3 Å². The maximum Gasteiger partial charge on any atom is 0.512 e. The van der Waals surface area contributed by atoms with Gasteiger partial charge in [0.2, 0.25) is 11.8 Å². The molecule has 0 saturated carbocycles. The Hall–Kier alpha value is -5.10. The Bertz CT molecular complexity index is 1530. The molecule has 0 aliphatic carbocycles. The number of nitrogens with one attached hydrogen (secondary N) is 1. The highest BCUT2D eigenvalue weighted by atomic mass is 16.7. The molecule has 2 aromatic carbocycles. The van der Waals surface area contributed by atoms with Gasteiger partial charge >= 0.3 is 12.2 Å². The zero-order chi connectivity index (χ0) is 27.7. The van der Waals surface area contributed by atoms with Gasteiger partial charge in [0, 0.05) is 32.0 Å². The van der Waals surface area contributed by atoms with E-state index in [1.54, 1.807) is 30.6 Å². The molecule has 12 heteroatoms. The smallest absolute Gasteiger partial charge is 0.449 e. The number of ether oxygens (including phenoxy) is 1. The number of likely N-dealkylation sites (tertiary alicyclic amines) is 1. The van der Waals surface area contributed by atoms with Crippen molar-refractivity contribution in [3.05, 3.63) is 85.1 Å². The number of benzene rings is 2. The fourth-order valence-electron chi connectivity index (χ4n) is 5.35. The van der Waals surface area contributed by atoms with Crippen molar-refractivity contribution in [3.63, 3.8) is 0 Å². The second kappa shape index (κ2) is 10.2. The molecule has 1 spiro atoms.